The highest BCUT2D eigenvalue weighted by molar-refractivity contribution is 7.85. The van der Waals surface area contributed by atoms with Crippen LogP contribution in [-0.2, 0) is 20.9 Å². The molecule has 0 spiro atoms. The Bertz CT molecular complexity index is 1760. The molecule has 5 rings (SSSR count). The molecule has 0 saturated heterocycles. The highest BCUT2D eigenvalue weighted by Gasteiger charge is 2.49. The van der Waals surface area contributed by atoms with Crippen molar-refractivity contribution in [3.05, 3.63) is 94.4 Å². The summed E-state index contributed by atoms with van der Waals surface area (Å²) in [6.07, 6.45) is 15.5. The molecule has 3 aliphatic rings. The average molecular weight is 660 g/mol. The maximum Gasteiger partial charge on any atom is 0.264 e. The fourth-order valence-corrected chi connectivity index (χ4v) is 8.44. The van der Waals surface area contributed by atoms with Crippen molar-refractivity contribution in [2.24, 2.45) is 0 Å². The number of fused-ring (bicyclic) bond motifs is 2. The Morgan fingerprint density at radius 2 is 1.70 bits per heavy atom. The minimum Gasteiger partial charge on any atom is -0.344 e. The largest absolute Gasteiger partial charge is 0.344 e. The summed E-state index contributed by atoms with van der Waals surface area (Å²) in [5.74, 6) is 3.50. The number of quaternary nitrogens is 1. The quantitative estimate of drug-likeness (QED) is 0.0777. The second kappa shape index (κ2) is 13.9. The van der Waals surface area contributed by atoms with Crippen LogP contribution >= 0.6 is 12.6 Å². The van der Waals surface area contributed by atoms with Gasteiger partial charge in [-0.15, -0.1) is 6.42 Å². The summed E-state index contributed by atoms with van der Waals surface area (Å²) in [4.78, 5) is 2.50. The number of allylic oxidation sites excluding steroid dienone is 5. The Balaban J connectivity index is 1.58. The zero-order valence-corrected chi connectivity index (χ0v) is 29.4. The third-order valence-electron chi connectivity index (χ3n) is 9.82. The van der Waals surface area contributed by atoms with Gasteiger partial charge in [-0.25, -0.2) is 0 Å². The van der Waals surface area contributed by atoms with Crippen molar-refractivity contribution in [3.8, 4) is 12.3 Å². The molecule has 2 aromatic carbocycles. The number of rotatable bonds is 13. The van der Waals surface area contributed by atoms with Crippen molar-refractivity contribution < 1.29 is 22.9 Å². The normalized spacial score (nSPS) is 20.2. The summed E-state index contributed by atoms with van der Waals surface area (Å²) in [7, 11) is -3.99. The van der Waals surface area contributed by atoms with Crippen LogP contribution in [0.2, 0.25) is 0 Å². The monoisotopic (exact) mass is 659 g/mol. The van der Waals surface area contributed by atoms with E-state index in [1.54, 1.807) is 0 Å². The fourth-order valence-electron chi connectivity index (χ4n) is 7.65. The van der Waals surface area contributed by atoms with E-state index in [0.717, 1.165) is 38.0 Å². The van der Waals surface area contributed by atoms with Gasteiger partial charge in [-0.1, -0.05) is 56.3 Å². The van der Waals surface area contributed by atoms with Crippen molar-refractivity contribution in [3.63, 3.8) is 0 Å². The van der Waals surface area contributed by atoms with E-state index in [9.17, 15) is 13.0 Å². The Morgan fingerprint density at radius 3 is 2.41 bits per heavy atom. The number of thiol groups is 1. The molecular formula is C38H49N3O3S2+2. The van der Waals surface area contributed by atoms with Gasteiger partial charge in [0, 0.05) is 47.0 Å². The lowest BCUT2D eigenvalue weighted by molar-refractivity contribution is -0.591. The molecule has 0 bridgehead atoms. The van der Waals surface area contributed by atoms with Crippen molar-refractivity contribution >= 4 is 39.8 Å². The minimum absolute atomic E-state index is 0.120. The van der Waals surface area contributed by atoms with E-state index in [1.807, 2.05) is 0 Å². The van der Waals surface area contributed by atoms with Gasteiger partial charge in [-0.3, -0.25) is 4.55 Å². The van der Waals surface area contributed by atoms with Gasteiger partial charge in [0.2, 0.25) is 11.4 Å². The Morgan fingerprint density at radius 1 is 0.978 bits per heavy atom. The molecular weight excluding hydrogens is 611 g/mol. The van der Waals surface area contributed by atoms with Gasteiger partial charge in [-0.05, 0) is 75.3 Å². The van der Waals surface area contributed by atoms with Crippen LogP contribution in [0.25, 0.3) is 0 Å². The first kappa shape index (κ1) is 34.3. The Hall–Kier alpha value is -3.09. The van der Waals surface area contributed by atoms with Crippen molar-refractivity contribution in [1.29, 1.82) is 0 Å². The first-order chi connectivity index (χ1) is 21.9. The van der Waals surface area contributed by atoms with E-state index in [0.29, 0.717) is 25.9 Å². The molecule has 244 valence electrons. The van der Waals surface area contributed by atoms with Crippen LogP contribution in [0.4, 0.5) is 11.4 Å². The van der Waals surface area contributed by atoms with Gasteiger partial charge in [0.1, 0.15) is 18.8 Å². The van der Waals surface area contributed by atoms with Crippen molar-refractivity contribution in [2.75, 3.05) is 36.0 Å². The maximum atomic E-state index is 11.4. The standard InChI is InChI=1S/C38H47N3O3S2/c1-6-23-39-35-28(20-22-34-37(2,3)30-15-7-9-17-32(30)40(34)24-11-13-26-45)19-21-29(35)36-38(4,5)31-16-8-10-18-33(31)41(36)25-12-14-27-46(42,43)44/h1,7-10,15-18,20,22H,11-14,19,21,23-27H2,2-5H3,(H2,42,43,44,45)/p+2/b28-20+,34-22-. The fraction of sp³-hybridized carbons (Fsp3) is 0.447. The van der Waals surface area contributed by atoms with Crippen molar-refractivity contribution in [1.82, 2.24) is 0 Å². The van der Waals surface area contributed by atoms with Crippen LogP contribution in [0.15, 0.2) is 83.2 Å². The number of hydrogen-bond donors (Lipinski definition) is 3. The Kier molecular flexibility index (Phi) is 10.4. The zero-order valence-electron chi connectivity index (χ0n) is 27.7. The van der Waals surface area contributed by atoms with Crippen LogP contribution in [0.3, 0.4) is 0 Å². The molecule has 0 atom stereocenters. The van der Waals surface area contributed by atoms with Crippen molar-refractivity contribution in [2.45, 2.75) is 77.0 Å². The summed E-state index contributed by atoms with van der Waals surface area (Å²) in [6, 6.07) is 17.3. The van der Waals surface area contributed by atoms with Crippen LogP contribution in [0, 0.1) is 12.3 Å². The topological polar surface area (TPSA) is 77.2 Å². The molecule has 0 radical (unpaired) electrons. The zero-order chi connectivity index (χ0) is 33.1. The molecule has 3 N–H and O–H groups in total. The molecule has 2 aromatic rings. The van der Waals surface area contributed by atoms with Crippen LogP contribution in [-0.4, -0.2) is 54.4 Å². The van der Waals surface area contributed by atoms with Gasteiger partial charge in [0.25, 0.3) is 10.1 Å². The number of para-hydroxylation sites is 2. The smallest absolute Gasteiger partial charge is 0.264 e. The summed E-state index contributed by atoms with van der Waals surface area (Å²) >= 11 is 4.46. The molecule has 6 nitrogen and oxygen atoms in total. The maximum absolute atomic E-state index is 11.4. The highest BCUT2D eigenvalue weighted by atomic mass is 32.2. The average Bonchev–Trinajstić information content (AvgIpc) is 3.58. The van der Waals surface area contributed by atoms with Crippen LogP contribution in [0.5, 0.6) is 0 Å². The second-order valence-corrected chi connectivity index (χ2v) is 15.6. The number of terminal acetylenes is 1. The number of hydrogen-bond acceptors (Lipinski definition) is 4. The number of unbranched alkanes of at least 4 members (excludes halogenated alkanes) is 2. The molecule has 0 saturated carbocycles. The number of benzene rings is 2. The first-order valence-corrected chi connectivity index (χ1v) is 18.8. The third kappa shape index (κ3) is 6.80. The van der Waals surface area contributed by atoms with Gasteiger partial charge in [0.15, 0.2) is 0 Å². The van der Waals surface area contributed by atoms with E-state index in [1.165, 1.54) is 50.8 Å². The van der Waals surface area contributed by atoms with Gasteiger partial charge < -0.3 is 10.2 Å². The lowest BCUT2D eigenvalue weighted by Gasteiger charge is -2.27. The molecule has 2 aliphatic heterocycles. The van der Waals surface area contributed by atoms with Gasteiger partial charge in [0.05, 0.1) is 16.7 Å². The van der Waals surface area contributed by atoms with E-state index >= 15 is 0 Å². The molecule has 1 aliphatic carbocycles. The third-order valence-corrected chi connectivity index (χ3v) is 10.9. The first-order valence-electron chi connectivity index (χ1n) is 16.5. The number of nitrogens with zero attached hydrogens (tertiary/aromatic N) is 2. The summed E-state index contributed by atoms with van der Waals surface area (Å²) < 4.78 is 34.5. The molecule has 2 heterocycles. The number of nitrogens with two attached hydrogens (primary N) is 1. The predicted octanol–water partition coefficient (Wildman–Crippen LogP) is 6.29. The lowest BCUT2D eigenvalue weighted by Crippen LogP contribution is -2.82. The molecule has 46 heavy (non-hydrogen) atoms. The summed E-state index contributed by atoms with van der Waals surface area (Å²) in [5.41, 5.74) is 11.1. The second-order valence-electron chi connectivity index (χ2n) is 13.6. The number of anilines is 1. The lowest BCUT2D eigenvalue weighted by atomic mass is 9.78. The molecule has 0 unspecified atom stereocenters. The SMILES string of the molecule is C#CC[NH2+]C1=C(C2=[N+](CCCCS(=O)(=O)O)c3ccccc3C2(C)C)CC/C1=C\C=C1/N(CCCCS)c2ccccc2C1(C)C. The highest BCUT2D eigenvalue weighted by Crippen LogP contribution is 2.48. The molecule has 0 fully saturated rings. The molecule has 0 aromatic heterocycles. The van der Waals surface area contributed by atoms with E-state index < -0.39 is 10.1 Å². The van der Waals surface area contributed by atoms with E-state index in [-0.39, 0.29) is 16.6 Å². The van der Waals surface area contributed by atoms with E-state index in [2.05, 4.69) is 122 Å². The predicted molar refractivity (Wildman–Crippen MR) is 193 cm³/mol. The van der Waals surface area contributed by atoms with Gasteiger partial charge in [-0.2, -0.15) is 25.6 Å². The van der Waals surface area contributed by atoms with Crippen LogP contribution < -0.4 is 10.2 Å². The van der Waals surface area contributed by atoms with Gasteiger partial charge >= 0.3 is 0 Å². The summed E-state index contributed by atoms with van der Waals surface area (Å²) in [5, 5.41) is 2.22. The minimum atomic E-state index is -3.99. The molecule has 8 heteroatoms. The van der Waals surface area contributed by atoms with E-state index in [4.69, 9.17) is 6.42 Å². The Labute approximate surface area is 281 Å². The molecule has 0 amide bonds. The summed E-state index contributed by atoms with van der Waals surface area (Å²) in [6.45, 7) is 11.4. The van der Waals surface area contributed by atoms with Crippen LogP contribution in [0.1, 0.15) is 77.3 Å².